The van der Waals surface area contributed by atoms with E-state index in [4.69, 9.17) is 22.1 Å². The molecule has 0 spiro atoms. The molecule has 0 radical (unpaired) electrons. The van der Waals surface area contributed by atoms with Crippen LogP contribution in [0.5, 0.6) is 5.88 Å². The summed E-state index contributed by atoms with van der Waals surface area (Å²) in [6.07, 6.45) is 4.61. The van der Waals surface area contributed by atoms with Crippen molar-refractivity contribution < 1.29 is 14.3 Å². The van der Waals surface area contributed by atoms with Gasteiger partial charge in [-0.25, -0.2) is 9.50 Å². The maximum Gasteiger partial charge on any atom is 0.253 e. The number of amides is 2. The Labute approximate surface area is 185 Å². The van der Waals surface area contributed by atoms with Crippen LogP contribution in [0.1, 0.15) is 16.1 Å². The zero-order valence-electron chi connectivity index (χ0n) is 16.5. The lowest BCUT2D eigenvalue weighted by molar-refractivity contribution is -0.113. The molecule has 158 valence electrons. The Bertz CT molecular complexity index is 1320. The first-order chi connectivity index (χ1) is 14.9. The second-order valence-corrected chi connectivity index (χ2v) is 7.78. The molecular formula is C20H17ClN6O3S. The Hall–Kier alpha value is -3.50. The number of nitrogens with one attached hydrogen (secondary N) is 1. The average Bonchev–Trinajstić information content (AvgIpc) is 3.34. The fraction of sp³-hybridized carbons (Fsp3) is 0.150. The van der Waals surface area contributed by atoms with Crippen molar-refractivity contribution in [3.8, 4) is 27.6 Å². The summed E-state index contributed by atoms with van der Waals surface area (Å²) in [5, 5.41) is 7.10. The molecule has 0 saturated carbocycles. The zero-order valence-corrected chi connectivity index (χ0v) is 18.1. The Morgan fingerprint density at radius 1 is 1.29 bits per heavy atom. The number of aryl methyl sites for hydroxylation is 1. The van der Waals surface area contributed by atoms with Crippen molar-refractivity contribution in [3.63, 3.8) is 0 Å². The van der Waals surface area contributed by atoms with E-state index in [2.05, 4.69) is 20.4 Å². The third kappa shape index (κ3) is 3.71. The van der Waals surface area contributed by atoms with E-state index in [0.29, 0.717) is 38.9 Å². The standard InChI is InChI=1S/C20H17ClN6O3S/c1-10-13(6-11(8-24-10)26-15(28)7-21)16-17(12-4-3-5-23-19(12)30-2)31-20-14(18(22)29)9-25-27(16)20/h3-6,8-9H,7H2,1-2H3,(H2,22,29)(H,26,28). The number of alkyl halides is 1. The fourth-order valence-corrected chi connectivity index (χ4v) is 4.49. The van der Waals surface area contributed by atoms with E-state index in [0.717, 1.165) is 10.4 Å². The van der Waals surface area contributed by atoms with Gasteiger partial charge in [0.1, 0.15) is 10.7 Å². The number of thiazole rings is 1. The highest BCUT2D eigenvalue weighted by Crippen LogP contribution is 2.44. The molecule has 0 fully saturated rings. The number of ether oxygens (including phenoxy) is 1. The van der Waals surface area contributed by atoms with Crippen LogP contribution in [0.2, 0.25) is 0 Å². The molecule has 0 bridgehead atoms. The minimum atomic E-state index is -0.578. The van der Waals surface area contributed by atoms with Gasteiger partial charge in [-0.15, -0.1) is 22.9 Å². The van der Waals surface area contributed by atoms with Gasteiger partial charge in [-0.05, 0) is 25.1 Å². The van der Waals surface area contributed by atoms with Crippen LogP contribution in [0, 0.1) is 6.92 Å². The van der Waals surface area contributed by atoms with E-state index in [1.807, 2.05) is 13.0 Å². The highest BCUT2D eigenvalue weighted by atomic mass is 35.5. The number of rotatable bonds is 6. The number of hydrogen-bond donors (Lipinski definition) is 2. The number of anilines is 1. The summed E-state index contributed by atoms with van der Waals surface area (Å²) in [6.45, 7) is 1.84. The average molecular weight is 457 g/mol. The first-order valence-electron chi connectivity index (χ1n) is 9.07. The Morgan fingerprint density at radius 2 is 2.10 bits per heavy atom. The van der Waals surface area contributed by atoms with Crippen LogP contribution < -0.4 is 15.8 Å². The third-order valence-electron chi connectivity index (χ3n) is 4.57. The van der Waals surface area contributed by atoms with E-state index < -0.39 is 5.91 Å². The lowest BCUT2D eigenvalue weighted by Crippen LogP contribution is -2.13. The number of nitrogens with two attached hydrogens (primary N) is 1. The topological polar surface area (TPSA) is 125 Å². The number of halogens is 1. The van der Waals surface area contributed by atoms with Gasteiger partial charge in [0.05, 0.1) is 46.9 Å². The van der Waals surface area contributed by atoms with Crippen molar-refractivity contribution in [2.75, 3.05) is 18.3 Å². The monoisotopic (exact) mass is 456 g/mol. The molecule has 0 aliphatic rings. The Kier molecular flexibility index (Phi) is 5.57. The van der Waals surface area contributed by atoms with Crippen LogP contribution in [0.15, 0.2) is 36.8 Å². The SMILES string of the molecule is COc1ncccc1-c1sc2c(C(N)=O)cnn2c1-c1cc(NC(=O)CCl)cnc1C. The van der Waals surface area contributed by atoms with Gasteiger partial charge in [0, 0.05) is 17.5 Å². The van der Waals surface area contributed by atoms with Crippen LogP contribution in [0.4, 0.5) is 5.69 Å². The van der Waals surface area contributed by atoms with Crippen LogP contribution >= 0.6 is 22.9 Å². The molecule has 4 aromatic heterocycles. The van der Waals surface area contributed by atoms with Gasteiger partial charge < -0.3 is 15.8 Å². The van der Waals surface area contributed by atoms with Gasteiger partial charge in [-0.3, -0.25) is 14.6 Å². The number of aromatic nitrogens is 4. The minimum absolute atomic E-state index is 0.175. The van der Waals surface area contributed by atoms with Crippen molar-refractivity contribution in [3.05, 3.63) is 48.0 Å². The zero-order chi connectivity index (χ0) is 22.1. The van der Waals surface area contributed by atoms with Gasteiger partial charge in [0.15, 0.2) is 0 Å². The summed E-state index contributed by atoms with van der Waals surface area (Å²) in [6, 6.07) is 5.44. The van der Waals surface area contributed by atoms with Gasteiger partial charge in [-0.2, -0.15) is 5.10 Å². The quantitative estimate of drug-likeness (QED) is 0.429. The first-order valence-corrected chi connectivity index (χ1v) is 10.4. The van der Waals surface area contributed by atoms with E-state index in [9.17, 15) is 9.59 Å². The lowest BCUT2D eigenvalue weighted by Gasteiger charge is -2.11. The van der Waals surface area contributed by atoms with E-state index >= 15 is 0 Å². The predicted octanol–water partition coefficient (Wildman–Crippen LogP) is 3.11. The van der Waals surface area contributed by atoms with Gasteiger partial charge in [-0.1, -0.05) is 0 Å². The molecule has 31 heavy (non-hydrogen) atoms. The summed E-state index contributed by atoms with van der Waals surface area (Å²) in [7, 11) is 1.54. The maximum absolute atomic E-state index is 11.9. The molecule has 4 heterocycles. The molecule has 2 amide bonds. The largest absolute Gasteiger partial charge is 0.481 e. The fourth-order valence-electron chi connectivity index (χ4n) is 3.19. The van der Waals surface area contributed by atoms with Crippen LogP contribution in [-0.2, 0) is 4.79 Å². The van der Waals surface area contributed by atoms with Crippen molar-refractivity contribution >= 4 is 45.3 Å². The number of carbonyl (C=O) groups is 2. The first kappa shape index (κ1) is 20.8. The van der Waals surface area contributed by atoms with Gasteiger partial charge in [0.2, 0.25) is 11.8 Å². The highest BCUT2D eigenvalue weighted by Gasteiger charge is 2.25. The van der Waals surface area contributed by atoms with Gasteiger partial charge >= 0.3 is 0 Å². The summed E-state index contributed by atoms with van der Waals surface area (Å²) < 4.78 is 7.09. The number of methoxy groups -OCH3 is 1. The number of fused-ring (bicyclic) bond motifs is 1. The summed E-state index contributed by atoms with van der Waals surface area (Å²) >= 11 is 6.95. The number of primary amides is 1. The van der Waals surface area contributed by atoms with Crippen molar-refractivity contribution in [1.29, 1.82) is 0 Å². The molecular weight excluding hydrogens is 440 g/mol. The third-order valence-corrected chi connectivity index (χ3v) is 6.02. The highest BCUT2D eigenvalue weighted by molar-refractivity contribution is 7.21. The summed E-state index contributed by atoms with van der Waals surface area (Å²) in [5.74, 6) is -0.680. The van der Waals surface area contributed by atoms with E-state index in [-0.39, 0.29) is 11.8 Å². The number of nitrogens with zero attached hydrogens (tertiary/aromatic N) is 4. The summed E-state index contributed by atoms with van der Waals surface area (Å²) in [5.41, 5.74) is 9.13. The normalized spacial score (nSPS) is 10.9. The minimum Gasteiger partial charge on any atom is -0.481 e. The second kappa shape index (κ2) is 8.32. The molecule has 4 aromatic rings. The smallest absolute Gasteiger partial charge is 0.253 e. The van der Waals surface area contributed by atoms with Gasteiger partial charge in [0.25, 0.3) is 5.91 Å². The molecule has 3 N–H and O–H groups in total. The van der Waals surface area contributed by atoms with Crippen molar-refractivity contribution in [2.24, 2.45) is 5.73 Å². The van der Waals surface area contributed by atoms with Crippen LogP contribution in [0.3, 0.4) is 0 Å². The van der Waals surface area contributed by atoms with Crippen molar-refractivity contribution in [2.45, 2.75) is 6.92 Å². The summed E-state index contributed by atoms with van der Waals surface area (Å²) in [4.78, 5) is 33.7. The maximum atomic E-state index is 11.9. The van der Waals surface area contributed by atoms with E-state index in [1.165, 1.54) is 24.6 Å². The number of carbonyl (C=O) groups excluding carboxylic acids is 2. The second-order valence-electron chi connectivity index (χ2n) is 6.52. The Balaban J connectivity index is 2.02. The molecule has 0 saturated heterocycles. The van der Waals surface area contributed by atoms with Crippen LogP contribution in [-0.4, -0.2) is 44.4 Å². The van der Waals surface area contributed by atoms with E-state index in [1.54, 1.807) is 29.0 Å². The molecule has 0 aliphatic heterocycles. The molecule has 0 unspecified atom stereocenters. The van der Waals surface area contributed by atoms with Crippen molar-refractivity contribution in [1.82, 2.24) is 19.6 Å². The molecule has 4 rings (SSSR count). The molecule has 0 aromatic carbocycles. The lowest BCUT2D eigenvalue weighted by atomic mass is 10.1. The number of hydrogen-bond acceptors (Lipinski definition) is 7. The predicted molar refractivity (Wildman–Crippen MR) is 119 cm³/mol. The van der Waals surface area contributed by atoms with Crippen LogP contribution in [0.25, 0.3) is 26.5 Å². The molecule has 0 aliphatic carbocycles. The molecule has 0 atom stereocenters. The Morgan fingerprint density at radius 3 is 2.81 bits per heavy atom. The molecule has 11 heteroatoms. The number of pyridine rings is 2. The molecule has 9 nitrogen and oxygen atoms in total.